The van der Waals surface area contributed by atoms with E-state index in [4.69, 9.17) is 13.7 Å². The van der Waals surface area contributed by atoms with E-state index in [2.05, 4.69) is 107 Å². The average molecular weight is 472 g/mol. The summed E-state index contributed by atoms with van der Waals surface area (Å²) in [5, 5.41) is 1.05. The molecule has 0 amide bonds. The fourth-order valence-corrected chi connectivity index (χ4v) is 4.93. The van der Waals surface area contributed by atoms with Crippen LogP contribution in [0.2, 0.25) is 0 Å². The predicted octanol–water partition coefficient (Wildman–Crippen LogP) is 7.73. The highest BCUT2D eigenvalue weighted by Gasteiger charge is 2.52. The Balaban J connectivity index is 1.62. The lowest BCUT2D eigenvalue weighted by Gasteiger charge is -2.32. The van der Waals surface area contributed by atoms with Crippen molar-refractivity contribution in [3.05, 3.63) is 103 Å². The third-order valence-electron chi connectivity index (χ3n) is 7.57. The Labute approximate surface area is 212 Å². The van der Waals surface area contributed by atoms with Crippen LogP contribution in [0.25, 0.3) is 44.5 Å². The van der Waals surface area contributed by atoms with Crippen LogP contribution in [0.1, 0.15) is 27.7 Å². The summed E-state index contributed by atoms with van der Waals surface area (Å²) in [7, 11) is -0.509. The van der Waals surface area contributed by atoms with E-state index in [1.165, 1.54) is 11.1 Å². The van der Waals surface area contributed by atoms with Gasteiger partial charge in [0.25, 0.3) is 0 Å². The third kappa shape index (κ3) is 3.69. The maximum absolute atomic E-state index is 6.75. The van der Waals surface area contributed by atoms with E-state index in [0.29, 0.717) is 0 Å². The molecule has 36 heavy (non-hydrogen) atoms. The number of rotatable bonds is 4. The van der Waals surface area contributed by atoms with Crippen molar-refractivity contribution in [3.63, 3.8) is 0 Å². The summed E-state index contributed by atoms with van der Waals surface area (Å²) in [6, 6.07) is 35.6. The van der Waals surface area contributed by atoms with Gasteiger partial charge in [-0.1, -0.05) is 103 Å². The van der Waals surface area contributed by atoms with E-state index in [0.717, 1.165) is 38.9 Å². The van der Waals surface area contributed by atoms with Crippen molar-refractivity contribution in [1.82, 2.24) is 0 Å². The van der Waals surface area contributed by atoms with Crippen LogP contribution in [0.5, 0.6) is 0 Å². The maximum atomic E-state index is 6.75. The zero-order chi connectivity index (χ0) is 24.9. The molecule has 6 rings (SSSR count). The number of hydrogen-bond donors (Lipinski definition) is 0. The largest absolute Gasteiger partial charge is 0.498 e. The molecule has 0 saturated carbocycles. The van der Waals surface area contributed by atoms with Gasteiger partial charge in [-0.15, -0.1) is 0 Å². The lowest BCUT2D eigenvalue weighted by molar-refractivity contribution is 0.00578. The van der Waals surface area contributed by atoms with Crippen molar-refractivity contribution >= 4 is 23.6 Å². The van der Waals surface area contributed by atoms with Crippen LogP contribution in [-0.2, 0) is 9.31 Å². The normalized spacial score (nSPS) is 16.5. The van der Waals surface area contributed by atoms with Crippen LogP contribution in [0.15, 0.2) is 108 Å². The van der Waals surface area contributed by atoms with Crippen molar-refractivity contribution in [2.45, 2.75) is 38.9 Å². The van der Waals surface area contributed by atoms with Gasteiger partial charge in [0, 0.05) is 22.0 Å². The standard InChI is InChI=1S/C32H29BO3/c1-31(2)32(3,4)36-33(35-31)27-21-13-20-26-28(29(34-30(26)27)23-16-9-6-10-17-23)25-19-12-11-18-24(25)22-14-7-5-8-15-22/h5-21H,1-4H3. The highest BCUT2D eigenvalue weighted by atomic mass is 16.7. The van der Waals surface area contributed by atoms with Gasteiger partial charge >= 0.3 is 7.12 Å². The summed E-state index contributed by atoms with van der Waals surface area (Å²) in [5.74, 6) is 0.845. The zero-order valence-corrected chi connectivity index (χ0v) is 21.1. The van der Waals surface area contributed by atoms with E-state index in [-0.39, 0.29) is 0 Å². The Bertz CT molecular complexity index is 1520. The Kier molecular flexibility index (Phi) is 5.40. The second-order valence-electron chi connectivity index (χ2n) is 10.4. The van der Waals surface area contributed by atoms with Gasteiger partial charge in [-0.2, -0.15) is 0 Å². The van der Waals surface area contributed by atoms with Gasteiger partial charge in [0.05, 0.1) is 11.2 Å². The topological polar surface area (TPSA) is 31.6 Å². The van der Waals surface area contributed by atoms with Gasteiger partial charge in [-0.25, -0.2) is 0 Å². The molecule has 0 unspecified atom stereocenters. The minimum absolute atomic E-state index is 0.433. The van der Waals surface area contributed by atoms with Gasteiger partial charge in [-0.05, 0) is 44.4 Å². The number of furan rings is 1. The first kappa shape index (κ1) is 22.8. The molecule has 1 aromatic heterocycles. The van der Waals surface area contributed by atoms with E-state index in [1.54, 1.807) is 0 Å². The van der Waals surface area contributed by atoms with Crippen molar-refractivity contribution in [1.29, 1.82) is 0 Å². The summed E-state index contributed by atoms with van der Waals surface area (Å²) in [6.07, 6.45) is 0. The molecule has 0 bridgehead atoms. The second-order valence-corrected chi connectivity index (χ2v) is 10.4. The summed E-state index contributed by atoms with van der Waals surface area (Å²) in [6.45, 7) is 8.30. The lowest BCUT2D eigenvalue weighted by atomic mass is 9.77. The maximum Gasteiger partial charge on any atom is 0.498 e. The fourth-order valence-electron chi connectivity index (χ4n) is 4.93. The van der Waals surface area contributed by atoms with Crippen molar-refractivity contribution in [3.8, 4) is 33.6 Å². The Morgan fingerprint density at radius 1 is 0.556 bits per heavy atom. The Morgan fingerprint density at radius 3 is 1.75 bits per heavy atom. The molecule has 0 atom stereocenters. The van der Waals surface area contributed by atoms with Crippen molar-refractivity contribution in [2.75, 3.05) is 0 Å². The minimum atomic E-state index is -0.509. The first-order chi connectivity index (χ1) is 17.4. The molecule has 1 saturated heterocycles. The van der Waals surface area contributed by atoms with Gasteiger partial charge in [0.1, 0.15) is 11.3 Å². The van der Waals surface area contributed by atoms with E-state index < -0.39 is 18.3 Å². The van der Waals surface area contributed by atoms with Crippen LogP contribution >= 0.6 is 0 Å². The van der Waals surface area contributed by atoms with Crippen molar-refractivity contribution < 1.29 is 13.7 Å². The zero-order valence-electron chi connectivity index (χ0n) is 21.1. The molecule has 1 aliphatic rings. The molecule has 0 aliphatic carbocycles. The quantitative estimate of drug-likeness (QED) is 0.251. The molecule has 1 fully saturated rings. The smallest absolute Gasteiger partial charge is 0.456 e. The van der Waals surface area contributed by atoms with Crippen LogP contribution in [0.4, 0.5) is 0 Å². The third-order valence-corrected chi connectivity index (χ3v) is 7.57. The molecule has 178 valence electrons. The highest BCUT2D eigenvalue weighted by molar-refractivity contribution is 6.65. The summed E-state index contributed by atoms with van der Waals surface area (Å²) >= 11 is 0. The average Bonchev–Trinajstić information content (AvgIpc) is 3.38. The molecule has 4 heteroatoms. The number of fused-ring (bicyclic) bond motifs is 1. The van der Waals surface area contributed by atoms with Crippen LogP contribution in [0.3, 0.4) is 0 Å². The van der Waals surface area contributed by atoms with Crippen LogP contribution in [-0.4, -0.2) is 18.3 Å². The first-order valence-electron chi connectivity index (χ1n) is 12.5. The predicted molar refractivity (Wildman–Crippen MR) is 148 cm³/mol. The SMILES string of the molecule is CC1(C)OB(c2cccc3c(-c4ccccc4-c4ccccc4)c(-c4ccccc4)oc23)OC1(C)C. The molecular weight excluding hydrogens is 443 g/mol. The number of benzene rings is 4. The second kappa shape index (κ2) is 8.51. The molecule has 4 aromatic carbocycles. The Morgan fingerprint density at radius 2 is 1.11 bits per heavy atom. The van der Waals surface area contributed by atoms with E-state index >= 15 is 0 Å². The van der Waals surface area contributed by atoms with Crippen LogP contribution in [0, 0.1) is 0 Å². The number of para-hydroxylation sites is 1. The molecule has 2 heterocycles. The van der Waals surface area contributed by atoms with Gasteiger partial charge in [0.15, 0.2) is 0 Å². The molecule has 0 N–H and O–H groups in total. The van der Waals surface area contributed by atoms with E-state index in [9.17, 15) is 0 Å². The molecule has 0 spiro atoms. The summed E-state index contributed by atoms with van der Waals surface area (Å²) in [5.41, 5.74) is 6.42. The molecule has 3 nitrogen and oxygen atoms in total. The number of hydrogen-bond acceptors (Lipinski definition) is 3. The molecule has 1 aliphatic heterocycles. The monoisotopic (exact) mass is 472 g/mol. The Hall–Kier alpha value is -3.60. The highest BCUT2D eigenvalue weighted by Crippen LogP contribution is 2.45. The molecule has 5 aromatic rings. The lowest BCUT2D eigenvalue weighted by Crippen LogP contribution is -2.41. The molecule has 0 radical (unpaired) electrons. The van der Waals surface area contributed by atoms with E-state index in [1.807, 2.05) is 24.3 Å². The van der Waals surface area contributed by atoms with Gasteiger partial charge in [0.2, 0.25) is 0 Å². The summed E-state index contributed by atoms with van der Waals surface area (Å²) < 4.78 is 19.6. The van der Waals surface area contributed by atoms with Gasteiger partial charge in [-0.3, -0.25) is 0 Å². The van der Waals surface area contributed by atoms with Crippen LogP contribution < -0.4 is 5.46 Å². The fraction of sp³-hybridized carbons (Fsp3) is 0.188. The summed E-state index contributed by atoms with van der Waals surface area (Å²) in [4.78, 5) is 0. The first-order valence-corrected chi connectivity index (χ1v) is 12.5. The van der Waals surface area contributed by atoms with Gasteiger partial charge < -0.3 is 13.7 Å². The van der Waals surface area contributed by atoms with Crippen molar-refractivity contribution in [2.24, 2.45) is 0 Å². The molecular formula is C32H29BO3. The minimum Gasteiger partial charge on any atom is -0.456 e.